The van der Waals surface area contributed by atoms with Crippen molar-refractivity contribution in [1.29, 1.82) is 0 Å². The molecule has 0 bridgehead atoms. The Balaban J connectivity index is 1.95. The minimum Gasteiger partial charge on any atom is -0.379 e. The van der Waals surface area contributed by atoms with Crippen LogP contribution in [0.4, 0.5) is 0 Å². The minimum absolute atomic E-state index is 0.255. The first-order valence-electron chi connectivity index (χ1n) is 6.80. The van der Waals surface area contributed by atoms with Crippen LogP contribution in [0.15, 0.2) is 0 Å². The Morgan fingerprint density at radius 1 is 1.28 bits per heavy atom. The van der Waals surface area contributed by atoms with E-state index in [0.717, 1.165) is 19.4 Å². The molecular formula is C13H26N2O3. The lowest BCUT2D eigenvalue weighted by Gasteiger charge is -2.15. The van der Waals surface area contributed by atoms with Crippen LogP contribution in [-0.2, 0) is 14.3 Å². The van der Waals surface area contributed by atoms with Gasteiger partial charge in [-0.2, -0.15) is 0 Å². The number of nitrogens with two attached hydrogens (primary N) is 1. The maximum absolute atomic E-state index is 11.2. The van der Waals surface area contributed by atoms with Crippen molar-refractivity contribution in [3.8, 4) is 0 Å². The number of carbonyl (C=O) groups is 1. The van der Waals surface area contributed by atoms with Crippen LogP contribution in [0.25, 0.3) is 0 Å². The van der Waals surface area contributed by atoms with Gasteiger partial charge in [0.1, 0.15) is 0 Å². The molecular weight excluding hydrogens is 232 g/mol. The average Bonchev–Trinajstić information content (AvgIpc) is 3.09. The molecule has 0 aliphatic heterocycles. The number of hydrogen-bond acceptors (Lipinski definition) is 4. The van der Waals surface area contributed by atoms with Gasteiger partial charge in [0.25, 0.3) is 0 Å². The second-order valence-corrected chi connectivity index (χ2v) is 5.27. The van der Waals surface area contributed by atoms with E-state index in [2.05, 4.69) is 19.2 Å². The summed E-state index contributed by atoms with van der Waals surface area (Å²) in [6.07, 6.45) is 2.93. The molecule has 0 radical (unpaired) electrons. The van der Waals surface area contributed by atoms with E-state index < -0.39 is 0 Å². The molecule has 18 heavy (non-hydrogen) atoms. The molecule has 1 saturated carbocycles. The molecule has 1 fully saturated rings. The third kappa shape index (κ3) is 7.63. The van der Waals surface area contributed by atoms with E-state index in [9.17, 15) is 4.79 Å². The van der Waals surface area contributed by atoms with E-state index in [1.807, 2.05) is 0 Å². The second-order valence-electron chi connectivity index (χ2n) is 5.27. The molecule has 1 aliphatic rings. The number of rotatable bonds is 11. The van der Waals surface area contributed by atoms with Gasteiger partial charge < -0.3 is 20.5 Å². The SMILES string of the molecule is CC(C)COCCOCCC(NC1CC1)C(N)=O. The van der Waals surface area contributed by atoms with E-state index in [1.165, 1.54) is 0 Å². The van der Waals surface area contributed by atoms with Crippen LogP contribution in [0.2, 0.25) is 0 Å². The van der Waals surface area contributed by atoms with Gasteiger partial charge in [-0.15, -0.1) is 0 Å². The molecule has 5 nitrogen and oxygen atoms in total. The number of primary amides is 1. The van der Waals surface area contributed by atoms with Gasteiger partial charge in [-0.3, -0.25) is 4.79 Å². The summed E-state index contributed by atoms with van der Waals surface area (Å²) < 4.78 is 10.8. The summed E-state index contributed by atoms with van der Waals surface area (Å²) in [5.74, 6) is 0.258. The molecule has 0 aromatic carbocycles. The lowest BCUT2D eigenvalue weighted by molar-refractivity contribution is -0.120. The van der Waals surface area contributed by atoms with Gasteiger partial charge in [0.05, 0.1) is 19.3 Å². The average molecular weight is 258 g/mol. The predicted octanol–water partition coefficient (Wildman–Crippen LogP) is 0.672. The fourth-order valence-electron chi connectivity index (χ4n) is 1.58. The third-order valence-corrected chi connectivity index (χ3v) is 2.73. The van der Waals surface area contributed by atoms with E-state index >= 15 is 0 Å². The first kappa shape index (κ1) is 15.4. The topological polar surface area (TPSA) is 73.6 Å². The molecule has 5 heteroatoms. The second kappa shape index (κ2) is 8.45. The Labute approximate surface area is 109 Å². The number of hydrogen-bond donors (Lipinski definition) is 2. The molecule has 1 rings (SSSR count). The summed E-state index contributed by atoms with van der Waals surface area (Å²) in [6, 6.07) is 0.228. The van der Waals surface area contributed by atoms with Crippen molar-refractivity contribution in [2.75, 3.05) is 26.4 Å². The van der Waals surface area contributed by atoms with Crippen LogP contribution in [0.3, 0.4) is 0 Å². The summed E-state index contributed by atoms with van der Waals surface area (Å²) in [5, 5.41) is 3.22. The highest BCUT2D eigenvalue weighted by atomic mass is 16.5. The first-order chi connectivity index (χ1) is 8.59. The highest BCUT2D eigenvalue weighted by Gasteiger charge is 2.26. The Kier molecular flexibility index (Phi) is 7.23. The first-order valence-corrected chi connectivity index (χ1v) is 6.80. The summed E-state index contributed by atoms with van der Waals surface area (Å²) >= 11 is 0. The van der Waals surface area contributed by atoms with E-state index in [-0.39, 0.29) is 11.9 Å². The highest BCUT2D eigenvalue weighted by molar-refractivity contribution is 5.79. The molecule has 3 N–H and O–H groups in total. The Morgan fingerprint density at radius 2 is 1.94 bits per heavy atom. The monoisotopic (exact) mass is 258 g/mol. The van der Waals surface area contributed by atoms with Gasteiger partial charge >= 0.3 is 0 Å². The number of amides is 1. The molecule has 1 aliphatic carbocycles. The minimum atomic E-state index is -0.290. The Bertz CT molecular complexity index is 242. The lowest BCUT2D eigenvalue weighted by Crippen LogP contribution is -2.43. The van der Waals surface area contributed by atoms with Crippen LogP contribution in [0.5, 0.6) is 0 Å². The molecule has 1 amide bonds. The van der Waals surface area contributed by atoms with Crippen LogP contribution >= 0.6 is 0 Å². The van der Waals surface area contributed by atoms with Crippen molar-refractivity contribution in [1.82, 2.24) is 5.32 Å². The molecule has 106 valence electrons. The largest absolute Gasteiger partial charge is 0.379 e. The molecule has 0 aromatic rings. The van der Waals surface area contributed by atoms with Crippen molar-refractivity contribution in [3.63, 3.8) is 0 Å². The molecule has 0 saturated heterocycles. The Hall–Kier alpha value is -0.650. The van der Waals surface area contributed by atoms with E-state index in [0.29, 0.717) is 38.2 Å². The molecule has 0 spiro atoms. The van der Waals surface area contributed by atoms with Gasteiger partial charge in [0.2, 0.25) is 5.91 Å². The Morgan fingerprint density at radius 3 is 2.50 bits per heavy atom. The van der Waals surface area contributed by atoms with Gasteiger partial charge in [-0.05, 0) is 25.2 Å². The van der Waals surface area contributed by atoms with E-state index in [4.69, 9.17) is 15.2 Å². The molecule has 0 heterocycles. The summed E-state index contributed by atoms with van der Waals surface area (Å²) in [4.78, 5) is 11.2. The van der Waals surface area contributed by atoms with Gasteiger partial charge in [0.15, 0.2) is 0 Å². The van der Waals surface area contributed by atoms with Crippen molar-refractivity contribution in [3.05, 3.63) is 0 Å². The maximum atomic E-state index is 11.2. The van der Waals surface area contributed by atoms with Crippen LogP contribution < -0.4 is 11.1 Å². The zero-order chi connectivity index (χ0) is 13.4. The third-order valence-electron chi connectivity index (χ3n) is 2.73. The quantitative estimate of drug-likeness (QED) is 0.534. The van der Waals surface area contributed by atoms with Crippen molar-refractivity contribution >= 4 is 5.91 Å². The van der Waals surface area contributed by atoms with Crippen LogP contribution in [0.1, 0.15) is 33.1 Å². The van der Waals surface area contributed by atoms with Gasteiger partial charge in [-0.1, -0.05) is 13.8 Å². The zero-order valence-electron chi connectivity index (χ0n) is 11.5. The van der Waals surface area contributed by atoms with Crippen molar-refractivity contribution < 1.29 is 14.3 Å². The van der Waals surface area contributed by atoms with Gasteiger partial charge in [0, 0.05) is 19.3 Å². The number of ether oxygens (including phenoxy) is 2. The van der Waals surface area contributed by atoms with Crippen LogP contribution in [-0.4, -0.2) is 44.4 Å². The summed E-state index contributed by atoms with van der Waals surface area (Å²) in [5.41, 5.74) is 5.33. The lowest BCUT2D eigenvalue weighted by atomic mass is 10.2. The fraction of sp³-hybridized carbons (Fsp3) is 0.923. The van der Waals surface area contributed by atoms with Crippen LogP contribution in [0, 0.1) is 5.92 Å². The van der Waals surface area contributed by atoms with E-state index in [1.54, 1.807) is 0 Å². The van der Waals surface area contributed by atoms with Crippen molar-refractivity contribution in [2.24, 2.45) is 11.7 Å². The maximum Gasteiger partial charge on any atom is 0.234 e. The molecule has 1 atom stereocenters. The normalized spacial score (nSPS) is 17.1. The molecule has 1 unspecified atom stereocenters. The summed E-state index contributed by atoms with van der Waals surface area (Å²) in [6.45, 7) is 6.70. The zero-order valence-corrected chi connectivity index (χ0v) is 11.5. The standard InChI is InChI=1S/C13H26N2O3/c1-10(2)9-18-8-7-17-6-5-12(13(14)16)15-11-3-4-11/h10-12,15H,3-9H2,1-2H3,(H2,14,16). The fourth-order valence-corrected chi connectivity index (χ4v) is 1.58. The number of nitrogens with one attached hydrogen (secondary N) is 1. The molecule has 0 aromatic heterocycles. The van der Waals surface area contributed by atoms with Gasteiger partial charge in [-0.25, -0.2) is 0 Å². The predicted molar refractivity (Wildman–Crippen MR) is 70.2 cm³/mol. The number of carbonyl (C=O) groups excluding carboxylic acids is 1. The summed E-state index contributed by atoms with van der Waals surface area (Å²) in [7, 11) is 0. The smallest absolute Gasteiger partial charge is 0.234 e. The highest BCUT2D eigenvalue weighted by Crippen LogP contribution is 2.19. The van der Waals surface area contributed by atoms with Crippen molar-refractivity contribution in [2.45, 2.75) is 45.2 Å².